The van der Waals surface area contributed by atoms with Crippen LogP contribution >= 0.6 is 11.3 Å². The fourth-order valence-corrected chi connectivity index (χ4v) is 4.37. The van der Waals surface area contributed by atoms with Crippen LogP contribution in [0.4, 0.5) is 5.69 Å². The van der Waals surface area contributed by atoms with E-state index >= 15 is 0 Å². The first-order valence-corrected chi connectivity index (χ1v) is 10.7. The Balaban J connectivity index is 1.81. The molecule has 4 nitrogen and oxygen atoms in total. The number of thiophene rings is 1. The largest absolute Gasteiger partial charge is 0.503 e. The van der Waals surface area contributed by atoms with Gasteiger partial charge >= 0.3 is 0 Å². The van der Waals surface area contributed by atoms with Crippen molar-refractivity contribution in [1.29, 1.82) is 0 Å². The molecule has 1 amide bonds. The van der Waals surface area contributed by atoms with E-state index in [0.29, 0.717) is 5.69 Å². The van der Waals surface area contributed by atoms with Crippen molar-refractivity contribution in [1.82, 2.24) is 0 Å². The van der Waals surface area contributed by atoms with Crippen molar-refractivity contribution in [3.63, 3.8) is 0 Å². The Labute approximate surface area is 180 Å². The monoisotopic (exact) mass is 417 g/mol. The first-order chi connectivity index (χ1) is 14.3. The lowest BCUT2D eigenvalue weighted by atomic mass is 9.82. The van der Waals surface area contributed by atoms with Crippen molar-refractivity contribution in [3.8, 4) is 11.1 Å². The number of nitrogens with zero attached hydrogens (tertiary/aromatic N) is 1. The van der Waals surface area contributed by atoms with E-state index in [1.54, 1.807) is 32.1 Å². The van der Waals surface area contributed by atoms with Gasteiger partial charge in [0.15, 0.2) is 11.5 Å². The number of hydrogen-bond acceptors (Lipinski definition) is 4. The first-order valence-electron chi connectivity index (χ1n) is 9.78. The molecule has 1 aliphatic heterocycles. The molecule has 0 fully saturated rings. The molecule has 1 N–H and O–H groups in total. The van der Waals surface area contributed by atoms with Crippen molar-refractivity contribution in [2.45, 2.75) is 26.8 Å². The van der Waals surface area contributed by atoms with Gasteiger partial charge in [-0.25, -0.2) is 0 Å². The molecule has 0 radical (unpaired) electrons. The lowest BCUT2D eigenvalue weighted by Crippen LogP contribution is -2.32. The predicted octanol–water partition coefficient (Wildman–Crippen LogP) is 5.93. The minimum Gasteiger partial charge on any atom is -0.503 e. The minimum absolute atomic E-state index is 0.153. The second-order valence-corrected chi connectivity index (χ2v) is 9.17. The van der Waals surface area contributed by atoms with E-state index in [2.05, 4.69) is 5.38 Å². The Bertz CT molecular complexity index is 1110. The van der Waals surface area contributed by atoms with Gasteiger partial charge in [0, 0.05) is 11.1 Å². The number of Topliss-reactive ketones (excluding diaryl/α,β-unsaturated/α-hetero) is 1. The summed E-state index contributed by atoms with van der Waals surface area (Å²) in [5.74, 6) is -1.26. The maximum atomic E-state index is 13.2. The van der Waals surface area contributed by atoms with Crippen molar-refractivity contribution in [2.75, 3.05) is 4.90 Å². The number of amides is 1. The first kappa shape index (κ1) is 20.1. The lowest BCUT2D eigenvalue weighted by molar-refractivity contribution is -0.123. The number of carbonyl (C=O) groups is 2. The molecule has 1 unspecified atom stereocenters. The third-order valence-electron chi connectivity index (χ3n) is 5.25. The van der Waals surface area contributed by atoms with E-state index in [1.165, 1.54) is 4.90 Å². The minimum atomic E-state index is -0.727. The van der Waals surface area contributed by atoms with Crippen LogP contribution in [-0.4, -0.2) is 16.8 Å². The van der Waals surface area contributed by atoms with Crippen LogP contribution in [0.15, 0.2) is 82.8 Å². The Morgan fingerprint density at radius 2 is 1.63 bits per heavy atom. The molecular weight excluding hydrogens is 394 g/mol. The van der Waals surface area contributed by atoms with E-state index in [-0.39, 0.29) is 11.4 Å². The third-order valence-corrected chi connectivity index (χ3v) is 5.93. The Kier molecular flexibility index (Phi) is 5.08. The Morgan fingerprint density at radius 1 is 0.967 bits per heavy atom. The zero-order valence-electron chi connectivity index (χ0n) is 17.1. The number of aliphatic hydroxyl groups excluding tert-OH is 1. The maximum absolute atomic E-state index is 13.2. The Hall–Kier alpha value is -3.18. The summed E-state index contributed by atoms with van der Waals surface area (Å²) in [6.45, 7) is 5.38. The van der Waals surface area contributed by atoms with Gasteiger partial charge < -0.3 is 5.11 Å². The van der Waals surface area contributed by atoms with Crippen molar-refractivity contribution in [3.05, 3.63) is 88.3 Å². The zero-order chi connectivity index (χ0) is 21.5. The van der Waals surface area contributed by atoms with E-state index in [1.807, 2.05) is 66.0 Å². The summed E-state index contributed by atoms with van der Waals surface area (Å²) in [5.41, 5.74) is 3.01. The van der Waals surface area contributed by atoms with E-state index < -0.39 is 23.1 Å². The zero-order valence-corrected chi connectivity index (χ0v) is 17.9. The molecule has 2 aromatic carbocycles. The number of ketones is 1. The molecule has 5 heteroatoms. The molecule has 0 saturated carbocycles. The van der Waals surface area contributed by atoms with E-state index in [4.69, 9.17) is 0 Å². The average molecular weight is 418 g/mol. The van der Waals surface area contributed by atoms with Gasteiger partial charge in [-0.1, -0.05) is 63.2 Å². The molecular formula is C25H23NO3S. The lowest BCUT2D eigenvalue weighted by Gasteiger charge is -2.29. The van der Waals surface area contributed by atoms with Crippen LogP contribution in [-0.2, 0) is 9.59 Å². The molecule has 0 aliphatic carbocycles. The summed E-state index contributed by atoms with van der Waals surface area (Å²) < 4.78 is 0. The number of rotatable bonds is 4. The summed E-state index contributed by atoms with van der Waals surface area (Å²) in [6, 6.07) is 18.4. The molecule has 1 aromatic heterocycles. The molecule has 0 bridgehead atoms. The van der Waals surface area contributed by atoms with Crippen molar-refractivity contribution in [2.24, 2.45) is 5.41 Å². The highest BCUT2D eigenvalue weighted by atomic mass is 32.1. The predicted molar refractivity (Wildman–Crippen MR) is 121 cm³/mol. The van der Waals surface area contributed by atoms with E-state index in [9.17, 15) is 14.7 Å². The Morgan fingerprint density at radius 3 is 2.20 bits per heavy atom. The molecule has 30 heavy (non-hydrogen) atoms. The van der Waals surface area contributed by atoms with Crippen LogP contribution in [0.1, 0.15) is 32.4 Å². The molecule has 152 valence electrons. The quantitative estimate of drug-likeness (QED) is 0.572. The van der Waals surface area contributed by atoms with Gasteiger partial charge in [-0.15, -0.1) is 0 Å². The summed E-state index contributed by atoms with van der Waals surface area (Å²) in [7, 11) is 0. The molecule has 3 aromatic rings. The smallest absolute Gasteiger partial charge is 0.294 e. The van der Waals surface area contributed by atoms with Gasteiger partial charge in [0.1, 0.15) is 0 Å². The normalized spacial score (nSPS) is 17.0. The molecule has 0 spiro atoms. The standard InChI is InChI=1S/C25H23NO3S/c1-25(2,3)23(28)20-21(17-7-5-4-6-8-17)26(24(29)22(20)27)19-11-9-16(10-12-19)18-13-14-30-15-18/h4-15,21,27H,1-3H3. The summed E-state index contributed by atoms with van der Waals surface area (Å²) in [6.07, 6.45) is 0. The molecule has 0 saturated heterocycles. The third kappa shape index (κ3) is 3.46. The van der Waals surface area contributed by atoms with Gasteiger partial charge in [0.05, 0.1) is 11.6 Å². The number of benzene rings is 2. The second-order valence-electron chi connectivity index (χ2n) is 8.39. The maximum Gasteiger partial charge on any atom is 0.294 e. The number of anilines is 1. The van der Waals surface area contributed by atoms with Gasteiger partial charge in [-0.2, -0.15) is 11.3 Å². The van der Waals surface area contributed by atoms with Crippen LogP contribution < -0.4 is 4.90 Å². The van der Waals surface area contributed by atoms with Gasteiger partial charge in [0.2, 0.25) is 0 Å². The fourth-order valence-electron chi connectivity index (χ4n) is 3.70. The molecule has 2 heterocycles. The van der Waals surface area contributed by atoms with Crippen LogP contribution in [0, 0.1) is 5.41 Å². The average Bonchev–Trinajstić information content (AvgIpc) is 3.35. The molecule has 4 rings (SSSR count). The summed E-state index contributed by atoms with van der Waals surface area (Å²) in [5, 5.41) is 14.8. The van der Waals surface area contributed by atoms with Crippen molar-refractivity contribution < 1.29 is 14.7 Å². The van der Waals surface area contributed by atoms with E-state index in [0.717, 1.165) is 16.7 Å². The van der Waals surface area contributed by atoms with Crippen LogP contribution in [0.25, 0.3) is 11.1 Å². The molecule has 1 aliphatic rings. The van der Waals surface area contributed by atoms with Crippen LogP contribution in [0.2, 0.25) is 0 Å². The fraction of sp³-hybridized carbons (Fsp3) is 0.200. The van der Waals surface area contributed by atoms with Gasteiger partial charge in [0.25, 0.3) is 5.91 Å². The SMILES string of the molecule is CC(C)(C)C(=O)C1=C(O)C(=O)N(c2ccc(-c3ccsc3)cc2)C1c1ccccc1. The van der Waals surface area contributed by atoms with Gasteiger partial charge in [-0.3, -0.25) is 14.5 Å². The highest BCUT2D eigenvalue weighted by Gasteiger charge is 2.46. The topological polar surface area (TPSA) is 57.6 Å². The molecule has 1 atom stereocenters. The highest BCUT2D eigenvalue weighted by molar-refractivity contribution is 7.08. The highest BCUT2D eigenvalue weighted by Crippen LogP contribution is 2.43. The summed E-state index contributed by atoms with van der Waals surface area (Å²) >= 11 is 1.63. The van der Waals surface area contributed by atoms with Crippen LogP contribution in [0.3, 0.4) is 0 Å². The van der Waals surface area contributed by atoms with Crippen molar-refractivity contribution >= 4 is 28.7 Å². The summed E-state index contributed by atoms with van der Waals surface area (Å²) in [4.78, 5) is 27.8. The second kappa shape index (κ2) is 7.58. The number of carbonyl (C=O) groups excluding carboxylic acids is 2. The number of aliphatic hydroxyl groups is 1. The van der Waals surface area contributed by atoms with Gasteiger partial charge in [-0.05, 0) is 45.6 Å². The number of hydrogen-bond donors (Lipinski definition) is 1. The van der Waals surface area contributed by atoms with Crippen LogP contribution in [0.5, 0.6) is 0 Å².